The molecule has 0 spiro atoms. The number of carbonyl (C=O) groups excluding carboxylic acids is 1. The minimum Gasteiger partial charge on any atom is -0.493 e. The van der Waals surface area contributed by atoms with Gasteiger partial charge in [0.25, 0.3) is 0 Å². The van der Waals surface area contributed by atoms with E-state index in [4.69, 9.17) is 9.47 Å². The summed E-state index contributed by atoms with van der Waals surface area (Å²) in [6, 6.07) is 11.5. The third-order valence-electron chi connectivity index (χ3n) is 4.86. The molecule has 2 aromatic rings. The molecule has 0 radical (unpaired) electrons. The van der Waals surface area contributed by atoms with Crippen LogP contribution in [0.5, 0.6) is 11.5 Å². The van der Waals surface area contributed by atoms with Crippen LogP contribution in [0.2, 0.25) is 0 Å². The molecule has 0 aromatic heterocycles. The average Bonchev–Trinajstić information content (AvgIpc) is 2.67. The lowest BCUT2D eigenvalue weighted by Crippen LogP contribution is -2.31. The Morgan fingerprint density at radius 3 is 2.42 bits per heavy atom. The molecule has 0 saturated heterocycles. The first kappa shape index (κ1) is 18.1. The van der Waals surface area contributed by atoms with Crippen molar-refractivity contribution in [2.24, 2.45) is 0 Å². The summed E-state index contributed by atoms with van der Waals surface area (Å²) < 4.78 is 10.5. The van der Waals surface area contributed by atoms with Gasteiger partial charge in [-0.05, 0) is 61.4 Å². The van der Waals surface area contributed by atoms with Crippen molar-refractivity contribution in [3.63, 3.8) is 0 Å². The number of methoxy groups -OCH3 is 2. The topological polar surface area (TPSA) is 59.6 Å². The van der Waals surface area contributed by atoms with Crippen molar-refractivity contribution >= 4 is 11.7 Å². The number of hydrogen-bond donors (Lipinski definition) is 2. The molecule has 0 fully saturated rings. The molecule has 26 heavy (non-hydrogen) atoms. The Kier molecular flexibility index (Phi) is 5.66. The largest absolute Gasteiger partial charge is 0.493 e. The Morgan fingerprint density at radius 2 is 1.69 bits per heavy atom. The van der Waals surface area contributed by atoms with Crippen LogP contribution < -0.4 is 20.1 Å². The van der Waals surface area contributed by atoms with Gasteiger partial charge in [-0.25, -0.2) is 4.79 Å². The van der Waals surface area contributed by atoms with Crippen molar-refractivity contribution in [2.75, 3.05) is 19.5 Å². The molecular weight excluding hydrogens is 328 g/mol. The molecule has 1 aliphatic carbocycles. The number of anilines is 1. The molecule has 0 aliphatic heterocycles. The summed E-state index contributed by atoms with van der Waals surface area (Å²) in [7, 11) is 3.15. The van der Waals surface area contributed by atoms with Crippen LogP contribution in [0, 0.1) is 0 Å². The van der Waals surface area contributed by atoms with Gasteiger partial charge in [0.15, 0.2) is 11.5 Å². The first-order valence-corrected chi connectivity index (χ1v) is 9.02. The lowest BCUT2D eigenvalue weighted by molar-refractivity contribution is 0.249. The van der Waals surface area contributed by atoms with E-state index in [2.05, 4.69) is 28.8 Å². The van der Waals surface area contributed by atoms with E-state index in [1.807, 2.05) is 6.92 Å². The molecule has 1 atom stereocenters. The first-order valence-electron chi connectivity index (χ1n) is 9.02. The molecule has 3 rings (SSSR count). The van der Waals surface area contributed by atoms with E-state index >= 15 is 0 Å². The van der Waals surface area contributed by atoms with Crippen LogP contribution in [0.3, 0.4) is 0 Å². The van der Waals surface area contributed by atoms with Gasteiger partial charge in [-0.2, -0.15) is 0 Å². The molecular formula is C21H26N2O3. The van der Waals surface area contributed by atoms with Gasteiger partial charge in [-0.1, -0.05) is 18.2 Å². The van der Waals surface area contributed by atoms with Crippen LogP contribution in [0.1, 0.15) is 42.5 Å². The maximum Gasteiger partial charge on any atom is 0.319 e. The van der Waals surface area contributed by atoms with E-state index in [1.165, 1.54) is 24.0 Å². The number of amides is 2. The smallest absolute Gasteiger partial charge is 0.319 e. The van der Waals surface area contributed by atoms with Gasteiger partial charge in [-0.3, -0.25) is 0 Å². The molecule has 0 heterocycles. The fourth-order valence-corrected chi connectivity index (χ4v) is 3.38. The monoisotopic (exact) mass is 354 g/mol. The van der Waals surface area contributed by atoms with Crippen LogP contribution in [-0.4, -0.2) is 20.3 Å². The number of benzene rings is 2. The van der Waals surface area contributed by atoms with Crippen molar-refractivity contribution in [2.45, 2.75) is 38.6 Å². The Morgan fingerprint density at radius 1 is 0.962 bits per heavy atom. The zero-order chi connectivity index (χ0) is 18.5. The average molecular weight is 354 g/mol. The van der Waals surface area contributed by atoms with Gasteiger partial charge in [0.1, 0.15) is 0 Å². The van der Waals surface area contributed by atoms with E-state index in [1.54, 1.807) is 32.4 Å². The van der Waals surface area contributed by atoms with Crippen LogP contribution in [0.4, 0.5) is 10.5 Å². The molecule has 2 N–H and O–H groups in total. The molecule has 138 valence electrons. The SMILES string of the molecule is COc1ccc(NC(=O)NC(C)c2ccc3c(c2)CCCC3)cc1OC. The van der Waals surface area contributed by atoms with Crippen molar-refractivity contribution in [1.82, 2.24) is 5.32 Å². The van der Waals surface area contributed by atoms with Crippen LogP contribution >= 0.6 is 0 Å². The molecule has 1 unspecified atom stereocenters. The third-order valence-corrected chi connectivity index (χ3v) is 4.86. The van der Waals surface area contributed by atoms with Gasteiger partial charge >= 0.3 is 6.03 Å². The van der Waals surface area contributed by atoms with E-state index in [9.17, 15) is 4.79 Å². The molecule has 2 amide bonds. The lowest BCUT2D eigenvalue weighted by Gasteiger charge is -2.20. The molecule has 5 heteroatoms. The van der Waals surface area contributed by atoms with Crippen LogP contribution in [-0.2, 0) is 12.8 Å². The molecule has 5 nitrogen and oxygen atoms in total. The van der Waals surface area contributed by atoms with Gasteiger partial charge in [0.2, 0.25) is 0 Å². The van der Waals surface area contributed by atoms with E-state index in [0.29, 0.717) is 17.2 Å². The van der Waals surface area contributed by atoms with E-state index in [0.717, 1.165) is 18.4 Å². The number of hydrogen-bond acceptors (Lipinski definition) is 3. The standard InChI is InChI=1S/C21H26N2O3/c1-14(16-9-8-15-6-4-5-7-17(15)12-16)22-21(24)23-18-10-11-19(25-2)20(13-18)26-3/h8-14H,4-7H2,1-3H3,(H2,22,23,24). The highest BCUT2D eigenvalue weighted by Gasteiger charge is 2.14. The van der Waals surface area contributed by atoms with E-state index < -0.39 is 0 Å². The van der Waals surface area contributed by atoms with Crippen molar-refractivity contribution in [1.29, 1.82) is 0 Å². The number of fused-ring (bicyclic) bond motifs is 1. The number of aryl methyl sites for hydroxylation is 2. The Balaban J connectivity index is 1.64. The number of nitrogens with one attached hydrogen (secondary N) is 2. The van der Waals surface area contributed by atoms with Gasteiger partial charge in [-0.15, -0.1) is 0 Å². The third kappa shape index (κ3) is 4.10. The van der Waals surface area contributed by atoms with Crippen molar-refractivity contribution < 1.29 is 14.3 Å². The van der Waals surface area contributed by atoms with Gasteiger partial charge < -0.3 is 20.1 Å². The number of carbonyl (C=O) groups is 1. The summed E-state index contributed by atoms with van der Waals surface area (Å²) in [5, 5.41) is 5.84. The van der Waals surface area contributed by atoms with Crippen molar-refractivity contribution in [3.8, 4) is 11.5 Å². The Bertz CT molecular complexity index is 789. The summed E-state index contributed by atoms with van der Waals surface area (Å²) in [6.07, 6.45) is 4.82. The van der Waals surface area contributed by atoms with E-state index in [-0.39, 0.29) is 12.1 Å². The predicted octanol–water partition coefficient (Wildman–Crippen LogP) is 4.47. The second-order valence-corrected chi connectivity index (χ2v) is 6.63. The summed E-state index contributed by atoms with van der Waals surface area (Å²) in [5.74, 6) is 1.20. The second-order valence-electron chi connectivity index (χ2n) is 6.63. The fraction of sp³-hybridized carbons (Fsp3) is 0.381. The van der Waals surface area contributed by atoms with Crippen molar-refractivity contribution in [3.05, 3.63) is 53.1 Å². The highest BCUT2D eigenvalue weighted by molar-refractivity contribution is 5.89. The predicted molar refractivity (Wildman–Crippen MR) is 103 cm³/mol. The highest BCUT2D eigenvalue weighted by Crippen LogP contribution is 2.30. The summed E-state index contributed by atoms with van der Waals surface area (Å²) in [4.78, 5) is 12.3. The quantitative estimate of drug-likeness (QED) is 0.833. The number of ether oxygens (including phenoxy) is 2. The minimum atomic E-state index is -0.248. The highest BCUT2D eigenvalue weighted by atomic mass is 16.5. The molecule has 0 bridgehead atoms. The minimum absolute atomic E-state index is 0.0672. The molecule has 0 saturated carbocycles. The lowest BCUT2D eigenvalue weighted by atomic mass is 9.89. The number of rotatable bonds is 5. The van der Waals surface area contributed by atoms with Crippen LogP contribution in [0.25, 0.3) is 0 Å². The normalized spacial score (nSPS) is 14.1. The fourth-order valence-electron chi connectivity index (χ4n) is 3.38. The molecule has 2 aromatic carbocycles. The number of urea groups is 1. The first-order chi connectivity index (χ1) is 12.6. The maximum atomic E-state index is 12.3. The Labute approximate surface area is 154 Å². The summed E-state index contributed by atoms with van der Waals surface area (Å²) in [6.45, 7) is 2.00. The second kappa shape index (κ2) is 8.13. The van der Waals surface area contributed by atoms with Gasteiger partial charge in [0, 0.05) is 11.8 Å². The zero-order valence-electron chi connectivity index (χ0n) is 15.6. The molecule has 1 aliphatic rings. The van der Waals surface area contributed by atoms with Gasteiger partial charge in [0.05, 0.1) is 20.3 Å². The zero-order valence-corrected chi connectivity index (χ0v) is 15.6. The maximum absolute atomic E-state index is 12.3. The summed E-state index contributed by atoms with van der Waals surface area (Å²) >= 11 is 0. The summed E-state index contributed by atoms with van der Waals surface area (Å²) in [5.41, 5.74) is 4.65. The Hall–Kier alpha value is -2.69. The van der Waals surface area contributed by atoms with Crippen LogP contribution in [0.15, 0.2) is 36.4 Å².